The molecule has 0 saturated carbocycles. The van der Waals surface area contributed by atoms with Crippen LogP contribution in [0, 0.1) is 11.8 Å². The lowest BCUT2D eigenvalue weighted by Crippen LogP contribution is -2.43. The van der Waals surface area contributed by atoms with Crippen LogP contribution < -0.4 is 5.32 Å². The standard InChI is InChI=1S/C15H15BrN2/c16-15-4-2-1-3-12(15)5-6-13-7-8-14-11-17-9-10-18(13)14/h1-4,8,13,17H,7,9-11H2/t13-/m0/s1. The van der Waals surface area contributed by atoms with E-state index in [2.05, 4.69) is 50.1 Å². The highest BCUT2D eigenvalue weighted by molar-refractivity contribution is 9.10. The first kappa shape index (κ1) is 11.8. The summed E-state index contributed by atoms with van der Waals surface area (Å²) in [6.45, 7) is 3.12. The van der Waals surface area contributed by atoms with E-state index in [0.717, 1.165) is 36.1 Å². The Labute approximate surface area is 116 Å². The lowest BCUT2D eigenvalue weighted by molar-refractivity contribution is 0.289. The molecule has 1 N–H and O–H groups in total. The fraction of sp³-hybridized carbons (Fsp3) is 0.333. The maximum atomic E-state index is 3.54. The van der Waals surface area contributed by atoms with Crippen molar-refractivity contribution in [1.82, 2.24) is 10.2 Å². The van der Waals surface area contributed by atoms with Crippen LogP contribution in [-0.4, -0.2) is 30.6 Å². The van der Waals surface area contributed by atoms with Crippen molar-refractivity contribution < 1.29 is 0 Å². The van der Waals surface area contributed by atoms with E-state index in [1.54, 1.807) is 0 Å². The first-order chi connectivity index (χ1) is 8.84. The Hall–Kier alpha value is -1.24. The van der Waals surface area contributed by atoms with Gasteiger partial charge in [0.05, 0.1) is 6.04 Å². The molecule has 0 radical (unpaired) electrons. The van der Waals surface area contributed by atoms with Crippen LogP contribution in [0.4, 0.5) is 0 Å². The second kappa shape index (κ2) is 5.17. The Morgan fingerprint density at radius 2 is 2.22 bits per heavy atom. The summed E-state index contributed by atoms with van der Waals surface area (Å²) < 4.78 is 1.07. The number of hydrogen-bond donors (Lipinski definition) is 1. The Morgan fingerprint density at radius 3 is 3.11 bits per heavy atom. The molecule has 0 spiro atoms. The molecule has 0 bridgehead atoms. The van der Waals surface area contributed by atoms with Gasteiger partial charge in [0.25, 0.3) is 0 Å². The highest BCUT2D eigenvalue weighted by Crippen LogP contribution is 2.22. The summed E-state index contributed by atoms with van der Waals surface area (Å²) in [4.78, 5) is 2.43. The van der Waals surface area contributed by atoms with Crippen molar-refractivity contribution in [2.45, 2.75) is 12.5 Å². The van der Waals surface area contributed by atoms with Crippen molar-refractivity contribution in [2.24, 2.45) is 0 Å². The Bertz CT molecular complexity index is 539. The van der Waals surface area contributed by atoms with Gasteiger partial charge in [0.1, 0.15) is 0 Å². The van der Waals surface area contributed by atoms with Gasteiger partial charge in [0.2, 0.25) is 0 Å². The van der Waals surface area contributed by atoms with Crippen LogP contribution in [0.3, 0.4) is 0 Å². The lowest BCUT2D eigenvalue weighted by atomic mass is 10.2. The first-order valence-corrected chi connectivity index (χ1v) is 7.06. The molecular weight excluding hydrogens is 288 g/mol. The Kier molecular flexibility index (Phi) is 3.40. The van der Waals surface area contributed by atoms with Crippen LogP contribution in [0.5, 0.6) is 0 Å². The Morgan fingerprint density at radius 1 is 1.33 bits per heavy atom. The van der Waals surface area contributed by atoms with E-state index in [1.807, 2.05) is 18.2 Å². The number of piperazine rings is 1. The third-order valence-corrected chi connectivity index (χ3v) is 4.10. The molecule has 3 rings (SSSR count). The van der Waals surface area contributed by atoms with Crippen LogP contribution in [-0.2, 0) is 0 Å². The average molecular weight is 303 g/mol. The fourth-order valence-electron chi connectivity index (χ4n) is 2.44. The van der Waals surface area contributed by atoms with E-state index in [4.69, 9.17) is 0 Å². The van der Waals surface area contributed by atoms with E-state index in [1.165, 1.54) is 5.70 Å². The number of halogens is 1. The van der Waals surface area contributed by atoms with Crippen LogP contribution in [0.1, 0.15) is 12.0 Å². The molecule has 0 unspecified atom stereocenters. The largest absolute Gasteiger partial charge is 0.359 e. The molecule has 2 aliphatic heterocycles. The predicted molar refractivity (Wildman–Crippen MR) is 77.1 cm³/mol. The summed E-state index contributed by atoms with van der Waals surface area (Å²) in [7, 11) is 0. The number of fused-ring (bicyclic) bond motifs is 1. The van der Waals surface area contributed by atoms with Gasteiger partial charge in [0, 0.05) is 35.4 Å². The van der Waals surface area contributed by atoms with Gasteiger partial charge < -0.3 is 10.2 Å². The van der Waals surface area contributed by atoms with E-state index in [-0.39, 0.29) is 0 Å². The summed E-state index contributed by atoms with van der Waals surface area (Å²) in [6.07, 6.45) is 3.36. The zero-order valence-electron chi connectivity index (χ0n) is 10.1. The molecule has 2 aliphatic rings. The topological polar surface area (TPSA) is 15.3 Å². The van der Waals surface area contributed by atoms with Gasteiger partial charge in [0.15, 0.2) is 0 Å². The summed E-state index contributed by atoms with van der Waals surface area (Å²) in [5.74, 6) is 6.70. The van der Waals surface area contributed by atoms with Gasteiger partial charge >= 0.3 is 0 Å². The van der Waals surface area contributed by atoms with E-state index < -0.39 is 0 Å². The molecule has 1 aromatic rings. The summed E-state index contributed by atoms with van der Waals surface area (Å²) >= 11 is 3.54. The van der Waals surface area contributed by atoms with Crippen molar-refractivity contribution in [1.29, 1.82) is 0 Å². The zero-order chi connectivity index (χ0) is 12.4. The van der Waals surface area contributed by atoms with Crippen LogP contribution in [0.15, 0.2) is 40.5 Å². The second-order valence-corrected chi connectivity index (χ2v) is 5.42. The Balaban J connectivity index is 1.77. The van der Waals surface area contributed by atoms with Gasteiger partial charge in [-0.25, -0.2) is 0 Å². The van der Waals surface area contributed by atoms with Gasteiger partial charge in [-0.3, -0.25) is 0 Å². The van der Waals surface area contributed by atoms with E-state index in [0.29, 0.717) is 6.04 Å². The summed E-state index contributed by atoms with van der Waals surface area (Å²) in [5.41, 5.74) is 2.48. The van der Waals surface area contributed by atoms with E-state index >= 15 is 0 Å². The van der Waals surface area contributed by atoms with Crippen LogP contribution in [0.25, 0.3) is 0 Å². The number of hydrogen-bond acceptors (Lipinski definition) is 2. The second-order valence-electron chi connectivity index (χ2n) is 4.57. The molecule has 1 atom stereocenters. The number of rotatable bonds is 0. The molecule has 1 fully saturated rings. The van der Waals surface area contributed by atoms with Crippen molar-refractivity contribution in [3.8, 4) is 11.8 Å². The monoisotopic (exact) mass is 302 g/mol. The maximum Gasteiger partial charge on any atom is 0.0940 e. The third-order valence-electron chi connectivity index (χ3n) is 3.40. The highest BCUT2D eigenvalue weighted by Gasteiger charge is 2.25. The van der Waals surface area contributed by atoms with Crippen molar-refractivity contribution in [3.63, 3.8) is 0 Å². The predicted octanol–water partition coefficient (Wildman–Crippen LogP) is 2.36. The minimum atomic E-state index is 0.356. The summed E-state index contributed by atoms with van der Waals surface area (Å²) in [5, 5.41) is 3.39. The molecule has 18 heavy (non-hydrogen) atoms. The molecule has 1 aromatic carbocycles. The van der Waals surface area contributed by atoms with Gasteiger partial charge in [-0.2, -0.15) is 0 Å². The molecular formula is C15H15BrN2. The molecule has 2 nitrogen and oxygen atoms in total. The van der Waals surface area contributed by atoms with Crippen LogP contribution >= 0.6 is 15.9 Å². The van der Waals surface area contributed by atoms with Gasteiger partial charge in [-0.1, -0.05) is 30.0 Å². The number of benzene rings is 1. The zero-order valence-corrected chi connectivity index (χ0v) is 11.7. The van der Waals surface area contributed by atoms with Crippen LogP contribution in [0.2, 0.25) is 0 Å². The van der Waals surface area contributed by atoms with Crippen molar-refractivity contribution in [2.75, 3.05) is 19.6 Å². The van der Waals surface area contributed by atoms with Gasteiger partial charge in [-0.15, -0.1) is 0 Å². The highest BCUT2D eigenvalue weighted by atomic mass is 79.9. The molecule has 92 valence electrons. The van der Waals surface area contributed by atoms with E-state index in [9.17, 15) is 0 Å². The SMILES string of the molecule is Brc1ccccc1C#C[C@H]1CC=C2CNCCN21. The lowest BCUT2D eigenvalue weighted by Gasteiger charge is -2.31. The van der Waals surface area contributed by atoms with Gasteiger partial charge in [-0.05, 0) is 34.5 Å². The maximum absolute atomic E-state index is 3.54. The average Bonchev–Trinajstić information content (AvgIpc) is 2.81. The quantitative estimate of drug-likeness (QED) is 0.740. The van der Waals surface area contributed by atoms with Crippen molar-refractivity contribution >= 4 is 15.9 Å². The molecule has 3 heteroatoms. The van der Waals surface area contributed by atoms with Crippen molar-refractivity contribution in [3.05, 3.63) is 46.1 Å². The molecule has 0 aromatic heterocycles. The normalized spacial score (nSPS) is 21.9. The minimum Gasteiger partial charge on any atom is -0.359 e. The smallest absolute Gasteiger partial charge is 0.0940 e. The molecule has 0 aliphatic carbocycles. The number of nitrogens with zero attached hydrogens (tertiary/aromatic N) is 1. The molecule has 2 heterocycles. The third kappa shape index (κ3) is 2.31. The minimum absolute atomic E-state index is 0.356. The first-order valence-electron chi connectivity index (χ1n) is 6.27. The fourth-order valence-corrected chi connectivity index (χ4v) is 2.83. The number of nitrogens with one attached hydrogen (secondary N) is 1. The summed E-state index contributed by atoms with van der Waals surface area (Å²) in [6, 6.07) is 8.48. The molecule has 1 saturated heterocycles. The molecule has 0 amide bonds.